The molecule has 30 heavy (non-hydrogen) atoms. The summed E-state index contributed by atoms with van der Waals surface area (Å²) in [5.41, 5.74) is 4.95. The van der Waals surface area contributed by atoms with Crippen LogP contribution in [0, 0.1) is 0 Å². The number of carbonyl (C=O) groups excluding carboxylic acids is 2. The molecule has 0 aliphatic rings. The fourth-order valence-corrected chi connectivity index (χ4v) is 3.49. The van der Waals surface area contributed by atoms with Crippen LogP contribution in [0.1, 0.15) is 27.5 Å². The highest BCUT2D eigenvalue weighted by molar-refractivity contribution is 9.10. The summed E-state index contributed by atoms with van der Waals surface area (Å²) >= 11 is 9.41. The highest BCUT2D eigenvalue weighted by atomic mass is 79.9. The molecule has 0 aromatic heterocycles. The predicted molar refractivity (Wildman–Crippen MR) is 122 cm³/mol. The number of nitrogens with two attached hydrogens (primary N) is 1. The van der Waals surface area contributed by atoms with Gasteiger partial charge in [-0.15, -0.1) is 0 Å². The molecule has 3 rings (SSSR count). The molecule has 0 saturated heterocycles. The first-order chi connectivity index (χ1) is 14.5. The van der Waals surface area contributed by atoms with Crippen LogP contribution >= 0.6 is 27.5 Å². The number of anilines is 1. The van der Waals surface area contributed by atoms with Crippen LogP contribution in [0.2, 0.25) is 5.02 Å². The number of hydrogen-bond acceptors (Lipinski definition) is 4. The molecular weight excluding hydrogens is 468 g/mol. The second-order valence-electron chi connectivity index (χ2n) is 6.48. The Labute approximate surface area is 187 Å². The highest BCUT2D eigenvalue weighted by Crippen LogP contribution is 2.31. The minimum absolute atomic E-state index is 0.00709. The van der Waals surface area contributed by atoms with Gasteiger partial charge in [0.2, 0.25) is 5.91 Å². The van der Waals surface area contributed by atoms with Gasteiger partial charge in [-0.05, 0) is 53.6 Å². The largest absolute Gasteiger partial charge is 0.322 e. The van der Waals surface area contributed by atoms with E-state index in [2.05, 4.69) is 32.0 Å². The molecule has 0 radical (unpaired) electrons. The Morgan fingerprint density at radius 3 is 2.37 bits per heavy atom. The molecule has 0 heterocycles. The molecule has 5 N–H and O–H groups in total. The average Bonchev–Trinajstić information content (AvgIpc) is 2.76. The van der Waals surface area contributed by atoms with Crippen LogP contribution in [0.3, 0.4) is 0 Å². The number of amides is 2. The lowest BCUT2D eigenvalue weighted by Gasteiger charge is -2.23. The summed E-state index contributed by atoms with van der Waals surface area (Å²) in [6.07, 6.45) is 0. The second-order valence-corrected chi connectivity index (χ2v) is 7.84. The van der Waals surface area contributed by atoms with Crippen LogP contribution in [0.4, 0.5) is 5.69 Å². The Balaban J connectivity index is 1.96. The molecule has 0 fully saturated rings. The Hall–Kier alpha value is -2.71. The molecule has 0 saturated carbocycles. The van der Waals surface area contributed by atoms with Gasteiger partial charge in [0.1, 0.15) is 0 Å². The summed E-state index contributed by atoms with van der Waals surface area (Å²) in [4.78, 5) is 24.5. The van der Waals surface area contributed by atoms with Crippen molar-refractivity contribution in [2.45, 2.75) is 6.04 Å². The van der Waals surface area contributed by atoms with Crippen molar-refractivity contribution in [1.82, 2.24) is 10.7 Å². The summed E-state index contributed by atoms with van der Waals surface area (Å²) in [5, 5.41) is 6.72. The van der Waals surface area contributed by atoms with E-state index in [0.29, 0.717) is 16.3 Å². The Bertz CT molecular complexity index is 1030. The molecule has 0 aliphatic heterocycles. The third-order valence-corrected chi connectivity index (χ3v) is 5.19. The van der Waals surface area contributed by atoms with Gasteiger partial charge >= 0.3 is 0 Å². The van der Waals surface area contributed by atoms with Crippen LogP contribution in [0.5, 0.6) is 0 Å². The summed E-state index contributed by atoms with van der Waals surface area (Å²) in [6, 6.07) is 21.5. The zero-order valence-electron chi connectivity index (χ0n) is 15.9. The number of rotatable bonds is 7. The first kappa shape index (κ1) is 22.0. The lowest BCUT2D eigenvalue weighted by Crippen LogP contribution is -2.39. The number of hydrazine groups is 1. The fourth-order valence-electron chi connectivity index (χ4n) is 2.98. The van der Waals surface area contributed by atoms with E-state index >= 15 is 0 Å². The number of benzene rings is 3. The Kier molecular flexibility index (Phi) is 7.59. The molecule has 0 bridgehead atoms. The maximum atomic E-state index is 12.8. The number of halogens is 2. The van der Waals surface area contributed by atoms with Crippen LogP contribution in [-0.4, -0.2) is 18.4 Å². The number of nitrogens with one attached hydrogen (secondary N) is 3. The van der Waals surface area contributed by atoms with Gasteiger partial charge < -0.3 is 5.32 Å². The monoisotopic (exact) mass is 486 g/mol. The van der Waals surface area contributed by atoms with Crippen molar-refractivity contribution in [2.24, 2.45) is 5.84 Å². The Morgan fingerprint density at radius 1 is 1.00 bits per heavy atom. The van der Waals surface area contributed by atoms with E-state index in [4.69, 9.17) is 17.4 Å². The lowest BCUT2D eigenvalue weighted by atomic mass is 9.96. The molecule has 1 atom stereocenters. The van der Waals surface area contributed by atoms with Crippen LogP contribution < -0.4 is 21.9 Å². The van der Waals surface area contributed by atoms with Crippen molar-refractivity contribution in [3.63, 3.8) is 0 Å². The SMILES string of the molecule is NNC(=O)CN[C@@H](c1ccccc1)c1cc(Br)ccc1NC(=O)c1ccc(Cl)cc1. The van der Waals surface area contributed by atoms with E-state index in [9.17, 15) is 9.59 Å². The van der Waals surface area contributed by atoms with E-state index in [1.165, 1.54) is 0 Å². The van der Waals surface area contributed by atoms with Gasteiger partial charge in [-0.25, -0.2) is 5.84 Å². The van der Waals surface area contributed by atoms with E-state index in [-0.39, 0.29) is 24.4 Å². The molecule has 6 nitrogen and oxygen atoms in total. The zero-order valence-corrected chi connectivity index (χ0v) is 18.2. The van der Waals surface area contributed by atoms with E-state index in [0.717, 1.165) is 15.6 Å². The van der Waals surface area contributed by atoms with Crippen molar-refractivity contribution < 1.29 is 9.59 Å². The maximum Gasteiger partial charge on any atom is 0.255 e. The van der Waals surface area contributed by atoms with Crippen molar-refractivity contribution in [3.8, 4) is 0 Å². The van der Waals surface area contributed by atoms with Gasteiger partial charge in [-0.1, -0.05) is 57.9 Å². The molecular formula is C22H20BrClN4O2. The van der Waals surface area contributed by atoms with Crippen LogP contribution in [0.25, 0.3) is 0 Å². The minimum Gasteiger partial charge on any atom is -0.322 e. The quantitative estimate of drug-likeness (QED) is 0.230. The highest BCUT2D eigenvalue weighted by Gasteiger charge is 2.20. The summed E-state index contributed by atoms with van der Waals surface area (Å²) in [5.74, 6) is 4.61. The summed E-state index contributed by atoms with van der Waals surface area (Å²) < 4.78 is 0.841. The first-order valence-electron chi connectivity index (χ1n) is 9.12. The normalized spacial score (nSPS) is 11.6. The van der Waals surface area contributed by atoms with Gasteiger partial charge in [0.05, 0.1) is 12.6 Å². The molecule has 0 aliphatic carbocycles. The second kappa shape index (κ2) is 10.4. The van der Waals surface area contributed by atoms with Gasteiger partial charge in [0.15, 0.2) is 0 Å². The standard InChI is InChI=1S/C22H20BrClN4O2/c23-16-8-11-19(27-22(30)15-6-9-17(24)10-7-15)18(12-16)21(26-13-20(29)28-25)14-4-2-1-3-5-14/h1-12,21,26H,13,25H2,(H,27,30)(H,28,29)/t21-/m0/s1. The third-order valence-electron chi connectivity index (χ3n) is 4.44. The molecule has 2 amide bonds. The van der Waals surface area contributed by atoms with E-state index in [1.54, 1.807) is 24.3 Å². The topological polar surface area (TPSA) is 96.2 Å². The van der Waals surface area contributed by atoms with Gasteiger partial charge in [0.25, 0.3) is 5.91 Å². The molecule has 0 unspecified atom stereocenters. The van der Waals surface area contributed by atoms with Gasteiger partial charge in [0, 0.05) is 20.7 Å². The predicted octanol–water partition coefficient (Wildman–Crippen LogP) is 4.02. The van der Waals surface area contributed by atoms with Crippen LogP contribution in [0.15, 0.2) is 77.3 Å². The smallest absolute Gasteiger partial charge is 0.255 e. The number of hydrogen-bond donors (Lipinski definition) is 4. The maximum absolute atomic E-state index is 12.8. The average molecular weight is 488 g/mol. The van der Waals surface area contributed by atoms with Gasteiger partial charge in [-0.3, -0.25) is 20.3 Å². The van der Waals surface area contributed by atoms with E-state index < -0.39 is 0 Å². The Morgan fingerprint density at radius 2 is 1.70 bits per heavy atom. The zero-order chi connectivity index (χ0) is 21.5. The first-order valence-corrected chi connectivity index (χ1v) is 10.3. The molecule has 0 spiro atoms. The molecule has 3 aromatic carbocycles. The molecule has 154 valence electrons. The summed E-state index contributed by atoms with van der Waals surface area (Å²) in [6.45, 7) is 0.00709. The molecule has 8 heteroatoms. The fraction of sp³-hybridized carbons (Fsp3) is 0.0909. The number of carbonyl (C=O) groups is 2. The van der Waals surface area contributed by atoms with E-state index in [1.807, 2.05) is 48.5 Å². The van der Waals surface area contributed by atoms with Gasteiger partial charge in [-0.2, -0.15) is 0 Å². The third kappa shape index (κ3) is 5.67. The van der Waals surface area contributed by atoms with Crippen molar-refractivity contribution in [3.05, 3.63) is 99.0 Å². The minimum atomic E-state index is -0.360. The van der Waals surface area contributed by atoms with Crippen molar-refractivity contribution >= 4 is 45.0 Å². The summed E-state index contributed by atoms with van der Waals surface area (Å²) in [7, 11) is 0. The van der Waals surface area contributed by atoms with Crippen LogP contribution in [-0.2, 0) is 4.79 Å². The van der Waals surface area contributed by atoms with Crippen molar-refractivity contribution in [1.29, 1.82) is 0 Å². The lowest BCUT2D eigenvalue weighted by molar-refractivity contribution is -0.120. The molecule has 3 aromatic rings. The van der Waals surface area contributed by atoms with Crippen molar-refractivity contribution in [2.75, 3.05) is 11.9 Å².